The van der Waals surface area contributed by atoms with Crippen LogP contribution in [0.25, 0.3) is 0 Å². The van der Waals surface area contributed by atoms with Crippen molar-refractivity contribution >= 4 is 10.0 Å². The summed E-state index contributed by atoms with van der Waals surface area (Å²) in [6.07, 6.45) is 4.85. The highest BCUT2D eigenvalue weighted by atomic mass is 32.2. The number of unbranched alkanes of at least 4 members (excludes halogenated alkanes) is 1. The lowest BCUT2D eigenvalue weighted by atomic mass is 10.1. The zero-order valence-corrected chi connectivity index (χ0v) is 14.1. The third kappa shape index (κ3) is 5.77. The van der Waals surface area contributed by atoms with Crippen molar-refractivity contribution in [3.63, 3.8) is 0 Å². The van der Waals surface area contributed by atoms with Gasteiger partial charge in [0.25, 0.3) is 0 Å². The highest BCUT2D eigenvalue weighted by molar-refractivity contribution is 7.89. The molecule has 0 bridgehead atoms. The predicted octanol–water partition coefficient (Wildman–Crippen LogP) is 3.34. The first-order valence-electron chi connectivity index (χ1n) is 7.78. The molecule has 1 aromatic carbocycles. The monoisotopic (exact) mass is 312 g/mol. The smallest absolute Gasteiger partial charge is 0.240 e. The van der Waals surface area contributed by atoms with Crippen molar-refractivity contribution in [3.05, 3.63) is 29.8 Å². The van der Waals surface area contributed by atoms with Crippen molar-refractivity contribution in [2.24, 2.45) is 5.73 Å². The van der Waals surface area contributed by atoms with Crippen LogP contribution in [0.3, 0.4) is 0 Å². The molecule has 0 saturated carbocycles. The van der Waals surface area contributed by atoms with Crippen LogP contribution >= 0.6 is 0 Å². The van der Waals surface area contributed by atoms with Crippen LogP contribution in [0.1, 0.15) is 64.5 Å². The molecule has 0 saturated heterocycles. The minimum absolute atomic E-state index is 0.0214. The molecule has 0 heterocycles. The van der Waals surface area contributed by atoms with Gasteiger partial charge in [-0.05, 0) is 37.5 Å². The maximum atomic E-state index is 12.4. The first-order chi connectivity index (χ1) is 9.90. The highest BCUT2D eigenvalue weighted by Crippen LogP contribution is 2.16. The van der Waals surface area contributed by atoms with Crippen LogP contribution in [0, 0.1) is 0 Å². The van der Waals surface area contributed by atoms with Gasteiger partial charge in [0, 0.05) is 12.1 Å². The van der Waals surface area contributed by atoms with Gasteiger partial charge >= 0.3 is 0 Å². The number of sulfonamides is 1. The summed E-state index contributed by atoms with van der Waals surface area (Å²) in [6, 6.07) is 6.74. The Morgan fingerprint density at radius 3 is 2.19 bits per heavy atom. The SMILES string of the molecule is CCCCC(CCC)NS(=O)(=O)c1ccc(C(C)N)cc1. The first kappa shape index (κ1) is 18.1. The van der Waals surface area contributed by atoms with E-state index in [2.05, 4.69) is 18.6 Å². The fourth-order valence-electron chi connectivity index (χ4n) is 2.30. The Morgan fingerprint density at radius 1 is 1.10 bits per heavy atom. The van der Waals surface area contributed by atoms with Crippen LogP contribution in [0.2, 0.25) is 0 Å². The van der Waals surface area contributed by atoms with Gasteiger partial charge in [0.2, 0.25) is 10.0 Å². The maximum Gasteiger partial charge on any atom is 0.240 e. The summed E-state index contributed by atoms with van der Waals surface area (Å²) in [5, 5.41) is 0. The number of rotatable bonds is 9. The van der Waals surface area contributed by atoms with E-state index in [9.17, 15) is 8.42 Å². The van der Waals surface area contributed by atoms with E-state index in [4.69, 9.17) is 5.73 Å². The minimum Gasteiger partial charge on any atom is -0.324 e. The zero-order chi connectivity index (χ0) is 15.9. The average Bonchev–Trinajstić information content (AvgIpc) is 2.45. The topological polar surface area (TPSA) is 72.2 Å². The largest absolute Gasteiger partial charge is 0.324 e. The molecule has 1 aromatic rings. The van der Waals surface area contributed by atoms with Crippen LogP contribution in [-0.4, -0.2) is 14.5 Å². The quantitative estimate of drug-likeness (QED) is 0.734. The molecule has 0 aromatic heterocycles. The third-order valence-electron chi connectivity index (χ3n) is 3.58. The van der Waals surface area contributed by atoms with E-state index < -0.39 is 10.0 Å². The summed E-state index contributed by atoms with van der Waals surface area (Å²) in [6.45, 7) is 6.07. The van der Waals surface area contributed by atoms with E-state index in [-0.39, 0.29) is 12.1 Å². The van der Waals surface area contributed by atoms with Gasteiger partial charge in [-0.3, -0.25) is 0 Å². The fraction of sp³-hybridized carbons (Fsp3) is 0.625. The summed E-state index contributed by atoms with van der Waals surface area (Å²) in [4.78, 5) is 0.310. The average molecular weight is 312 g/mol. The molecule has 0 aliphatic rings. The molecular weight excluding hydrogens is 284 g/mol. The Kier molecular flexibility index (Phi) is 7.35. The third-order valence-corrected chi connectivity index (χ3v) is 5.12. The number of hydrogen-bond acceptors (Lipinski definition) is 3. The highest BCUT2D eigenvalue weighted by Gasteiger charge is 2.19. The molecule has 5 heteroatoms. The summed E-state index contributed by atoms with van der Waals surface area (Å²) in [7, 11) is -3.45. The van der Waals surface area contributed by atoms with Crippen LogP contribution in [0.5, 0.6) is 0 Å². The normalized spacial score (nSPS) is 14.9. The number of benzene rings is 1. The molecule has 1 rings (SSSR count). The van der Waals surface area contributed by atoms with Gasteiger partial charge < -0.3 is 5.73 Å². The Morgan fingerprint density at radius 2 is 1.71 bits per heavy atom. The molecule has 0 aliphatic heterocycles. The number of hydrogen-bond donors (Lipinski definition) is 2. The molecule has 120 valence electrons. The van der Waals surface area contributed by atoms with Crippen molar-refractivity contribution in [3.8, 4) is 0 Å². The Labute approximate surface area is 129 Å². The second-order valence-electron chi connectivity index (χ2n) is 5.61. The molecule has 0 aliphatic carbocycles. The van der Waals surface area contributed by atoms with E-state index in [0.717, 1.165) is 37.7 Å². The summed E-state index contributed by atoms with van der Waals surface area (Å²) in [5.74, 6) is 0. The van der Waals surface area contributed by atoms with Crippen molar-refractivity contribution < 1.29 is 8.42 Å². The lowest BCUT2D eigenvalue weighted by molar-refractivity contribution is 0.483. The van der Waals surface area contributed by atoms with Gasteiger partial charge in [0.1, 0.15) is 0 Å². The molecule has 2 atom stereocenters. The van der Waals surface area contributed by atoms with Gasteiger partial charge in [0.05, 0.1) is 4.90 Å². The first-order valence-corrected chi connectivity index (χ1v) is 9.26. The van der Waals surface area contributed by atoms with Gasteiger partial charge in [-0.25, -0.2) is 13.1 Å². The lowest BCUT2D eigenvalue weighted by Gasteiger charge is -2.18. The second kappa shape index (κ2) is 8.51. The van der Waals surface area contributed by atoms with E-state index in [0.29, 0.717) is 4.90 Å². The molecule has 2 unspecified atom stereocenters. The van der Waals surface area contributed by atoms with Crippen LogP contribution in [0.4, 0.5) is 0 Å². The standard InChI is InChI=1S/C16H28N2O2S/c1-4-6-8-15(7-5-2)18-21(19,20)16-11-9-14(10-12-16)13(3)17/h9-13,15,18H,4-8,17H2,1-3H3. The predicted molar refractivity (Wildman–Crippen MR) is 87.6 cm³/mol. The molecule has 0 fully saturated rings. The zero-order valence-electron chi connectivity index (χ0n) is 13.3. The molecule has 0 spiro atoms. The minimum atomic E-state index is -3.45. The van der Waals surface area contributed by atoms with E-state index in [1.54, 1.807) is 24.3 Å². The van der Waals surface area contributed by atoms with Crippen LogP contribution < -0.4 is 10.5 Å². The Balaban J connectivity index is 2.82. The van der Waals surface area contributed by atoms with Gasteiger partial charge in [0.15, 0.2) is 0 Å². The molecule has 21 heavy (non-hydrogen) atoms. The van der Waals surface area contributed by atoms with Crippen molar-refractivity contribution in [2.45, 2.75) is 69.9 Å². The van der Waals surface area contributed by atoms with Gasteiger partial charge in [-0.1, -0.05) is 45.2 Å². The second-order valence-corrected chi connectivity index (χ2v) is 7.32. The van der Waals surface area contributed by atoms with Crippen LogP contribution in [0.15, 0.2) is 29.2 Å². The maximum absolute atomic E-state index is 12.4. The lowest BCUT2D eigenvalue weighted by Crippen LogP contribution is -2.34. The number of nitrogens with one attached hydrogen (secondary N) is 1. The molecule has 0 amide bonds. The van der Waals surface area contributed by atoms with Crippen molar-refractivity contribution in [1.82, 2.24) is 4.72 Å². The Bertz CT molecular complexity index is 510. The fourth-order valence-corrected chi connectivity index (χ4v) is 3.60. The molecule has 3 N–H and O–H groups in total. The Hall–Kier alpha value is -0.910. The summed E-state index contributed by atoms with van der Waals surface area (Å²) < 4.78 is 27.7. The summed E-state index contributed by atoms with van der Waals surface area (Å²) >= 11 is 0. The molecular formula is C16H28N2O2S. The summed E-state index contributed by atoms with van der Waals surface area (Å²) in [5.41, 5.74) is 6.72. The van der Waals surface area contributed by atoms with Crippen LogP contribution in [-0.2, 0) is 10.0 Å². The number of nitrogens with two attached hydrogens (primary N) is 1. The van der Waals surface area contributed by atoms with Gasteiger partial charge in [-0.15, -0.1) is 0 Å². The van der Waals surface area contributed by atoms with E-state index in [1.165, 1.54) is 0 Å². The van der Waals surface area contributed by atoms with Crippen molar-refractivity contribution in [2.75, 3.05) is 0 Å². The van der Waals surface area contributed by atoms with E-state index >= 15 is 0 Å². The molecule has 4 nitrogen and oxygen atoms in total. The molecule has 0 radical (unpaired) electrons. The van der Waals surface area contributed by atoms with E-state index in [1.807, 2.05) is 6.92 Å². The van der Waals surface area contributed by atoms with Gasteiger partial charge in [-0.2, -0.15) is 0 Å². The van der Waals surface area contributed by atoms with Crippen molar-refractivity contribution in [1.29, 1.82) is 0 Å².